The van der Waals surface area contributed by atoms with E-state index < -0.39 is 0 Å². The molecule has 1 aromatic rings. The van der Waals surface area contributed by atoms with Crippen LogP contribution in [0.2, 0.25) is 0 Å². The first kappa shape index (κ1) is 12.6. The van der Waals surface area contributed by atoms with E-state index in [1.807, 2.05) is 0 Å². The van der Waals surface area contributed by atoms with E-state index in [1.54, 1.807) is 18.5 Å². The molecule has 0 spiro atoms. The molecule has 1 heterocycles. The van der Waals surface area contributed by atoms with Gasteiger partial charge in [0.15, 0.2) is 0 Å². The Hall–Kier alpha value is -1.86. The third-order valence-electron chi connectivity index (χ3n) is 2.90. The van der Waals surface area contributed by atoms with Crippen LogP contribution in [0.3, 0.4) is 0 Å². The van der Waals surface area contributed by atoms with E-state index in [2.05, 4.69) is 29.1 Å². The maximum atomic E-state index is 11.9. The van der Waals surface area contributed by atoms with Gasteiger partial charge < -0.3 is 10.4 Å². The Labute approximate surface area is 106 Å². The number of nitrogens with one attached hydrogen (secondary N) is 1. The Morgan fingerprint density at radius 3 is 3.06 bits per heavy atom. The number of aromatic nitrogens is 1. The van der Waals surface area contributed by atoms with Crippen LogP contribution < -0.4 is 5.32 Å². The maximum Gasteiger partial charge on any atom is 0.253 e. The SMILES string of the molecule is CC1CC1NC(=O)c1cncc(C#CCCO)c1. The van der Waals surface area contributed by atoms with Gasteiger partial charge in [-0.3, -0.25) is 9.78 Å². The number of aliphatic hydroxyl groups excluding tert-OH is 1. The van der Waals surface area contributed by atoms with Gasteiger partial charge in [-0.15, -0.1) is 0 Å². The second-order valence-corrected chi connectivity index (χ2v) is 4.53. The third-order valence-corrected chi connectivity index (χ3v) is 2.90. The van der Waals surface area contributed by atoms with Crippen LogP contribution in [-0.2, 0) is 0 Å². The smallest absolute Gasteiger partial charge is 0.253 e. The molecular weight excluding hydrogens is 228 g/mol. The lowest BCUT2D eigenvalue weighted by atomic mass is 10.2. The maximum absolute atomic E-state index is 11.9. The number of aliphatic hydroxyl groups is 1. The molecule has 4 nitrogen and oxygen atoms in total. The second-order valence-electron chi connectivity index (χ2n) is 4.53. The Bertz CT molecular complexity index is 502. The molecule has 2 N–H and O–H groups in total. The van der Waals surface area contributed by atoms with Crippen molar-refractivity contribution in [1.82, 2.24) is 10.3 Å². The van der Waals surface area contributed by atoms with Crippen LogP contribution in [0.25, 0.3) is 0 Å². The zero-order chi connectivity index (χ0) is 13.0. The Kier molecular flexibility index (Phi) is 3.96. The van der Waals surface area contributed by atoms with Crippen molar-refractivity contribution < 1.29 is 9.90 Å². The average Bonchev–Trinajstić information content (AvgIpc) is 3.05. The summed E-state index contributed by atoms with van der Waals surface area (Å²) in [4.78, 5) is 15.9. The third kappa shape index (κ3) is 3.31. The van der Waals surface area contributed by atoms with E-state index in [-0.39, 0.29) is 12.5 Å². The molecule has 1 saturated carbocycles. The summed E-state index contributed by atoms with van der Waals surface area (Å²) in [5.41, 5.74) is 1.23. The van der Waals surface area contributed by atoms with Crippen LogP contribution in [0.15, 0.2) is 18.5 Å². The fourth-order valence-corrected chi connectivity index (χ4v) is 1.63. The van der Waals surface area contributed by atoms with Gasteiger partial charge in [0, 0.05) is 30.4 Å². The van der Waals surface area contributed by atoms with Crippen molar-refractivity contribution in [2.24, 2.45) is 5.92 Å². The van der Waals surface area contributed by atoms with Crippen LogP contribution in [0.5, 0.6) is 0 Å². The zero-order valence-electron chi connectivity index (χ0n) is 10.3. The molecule has 1 amide bonds. The topological polar surface area (TPSA) is 62.2 Å². The number of carbonyl (C=O) groups is 1. The van der Waals surface area contributed by atoms with Gasteiger partial charge in [0.2, 0.25) is 0 Å². The molecule has 0 radical (unpaired) electrons. The summed E-state index contributed by atoms with van der Waals surface area (Å²) in [6.45, 7) is 2.15. The van der Waals surface area contributed by atoms with E-state index >= 15 is 0 Å². The lowest BCUT2D eigenvalue weighted by Crippen LogP contribution is -2.26. The minimum Gasteiger partial charge on any atom is -0.395 e. The summed E-state index contributed by atoms with van der Waals surface area (Å²) in [5.74, 6) is 6.16. The van der Waals surface area contributed by atoms with Crippen molar-refractivity contribution in [3.63, 3.8) is 0 Å². The molecule has 1 aromatic heterocycles. The van der Waals surface area contributed by atoms with Crippen LogP contribution in [0, 0.1) is 17.8 Å². The Morgan fingerprint density at radius 1 is 1.61 bits per heavy atom. The molecule has 0 saturated heterocycles. The molecule has 4 heteroatoms. The predicted molar refractivity (Wildman–Crippen MR) is 67.9 cm³/mol. The van der Waals surface area contributed by atoms with Gasteiger partial charge in [-0.05, 0) is 18.4 Å². The molecule has 0 aliphatic heterocycles. The van der Waals surface area contributed by atoms with Gasteiger partial charge >= 0.3 is 0 Å². The summed E-state index contributed by atoms with van der Waals surface area (Å²) < 4.78 is 0. The van der Waals surface area contributed by atoms with Crippen molar-refractivity contribution >= 4 is 5.91 Å². The summed E-state index contributed by atoms with van der Waals surface area (Å²) in [7, 11) is 0. The van der Waals surface area contributed by atoms with Crippen LogP contribution >= 0.6 is 0 Å². The molecule has 18 heavy (non-hydrogen) atoms. The minimum atomic E-state index is -0.0948. The molecule has 0 bridgehead atoms. The van der Waals surface area contributed by atoms with Gasteiger partial charge in [0.05, 0.1) is 12.2 Å². The molecule has 2 atom stereocenters. The Morgan fingerprint density at radius 2 is 2.39 bits per heavy atom. The first-order valence-electron chi connectivity index (χ1n) is 6.06. The van der Waals surface area contributed by atoms with E-state index in [4.69, 9.17) is 5.11 Å². The molecular formula is C14H16N2O2. The normalized spacial score (nSPS) is 20.8. The van der Waals surface area contributed by atoms with E-state index in [0.717, 1.165) is 6.42 Å². The van der Waals surface area contributed by atoms with Crippen LogP contribution in [0.1, 0.15) is 35.7 Å². The van der Waals surface area contributed by atoms with Crippen molar-refractivity contribution in [3.8, 4) is 11.8 Å². The van der Waals surface area contributed by atoms with Gasteiger partial charge in [-0.1, -0.05) is 18.8 Å². The van der Waals surface area contributed by atoms with E-state index in [1.165, 1.54) is 0 Å². The lowest BCUT2D eigenvalue weighted by Gasteiger charge is -2.03. The predicted octanol–water partition coefficient (Wildman–Crippen LogP) is 0.954. The number of amides is 1. The summed E-state index contributed by atoms with van der Waals surface area (Å²) in [6, 6.07) is 2.03. The number of hydrogen-bond donors (Lipinski definition) is 2. The van der Waals surface area contributed by atoms with Gasteiger partial charge in [0.1, 0.15) is 0 Å². The molecule has 2 rings (SSSR count). The second kappa shape index (κ2) is 5.65. The lowest BCUT2D eigenvalue weighted by molar-refractivity contribution is 0.0949. The molecule has 1 aliphatic rings. The van der Waals surface area contributed by atoms with Gasteiger partial charge in [0.25, 0.3) is 5.91 Å². The number of hydrogen-bond acceptors (Lipinski definition) is 3. The molecule has 94 valence electrons. The highest BCUT2D eigenvalue weighted by atomic mass is 16.2. The monoisotopic (exact) mass is 244 g/mol. The van der Waals surface area contributed by atoms with Crippen LogP contribution in [0.4, 0.5) is 0 Å². The number of nitrogens with zero attached hydrogens (tertiary/aromatic N) is 1. The van der Waals surface area contributed by atoms with Crippen molar-refractivity contribution in [2.45, 2.75) is 25.8 Å². The molecule has 0 aromatic carbocycles. The molecule has 1 aliphatic carbocycles. The average molecular weight is 244 g/mol. The standard InChI is InChI=1S/C14H16N2O2/c1-10-6-13(10)16-14(18)12-7-11(8-15-9-12)4-2-3-5-17/h7-10,13,17H,3,5-6H2,1H3,(H,16,18). The van der Waals surface area contributed by atoms with E-state index in [0.29, 0.717) is 29.5 Å². The highest BCUT2D eigenvalue weighted by Gasteiger charge is 2.33. The van der Waals surface area contributed by atoms with Crippen molar-refractivity contribution in [1.29, 1.82) is 0 Å². The summed E-state index contributed by atoms with van der Waals surface area (Å²) in [6.07, 6.45) is 4.63. The fourth-order valence-electron chi connectivity index (χ4n) is 1.63. The van der Waals surface area contributed by atoms with Crippen LogP contribution in [-0.4, -0.2) is 28.6 Å². The Balaban J connectivity index is 2.02. The quantitative estimate of drug-likeness (QED) is 0.778. The fraction of sp³-hybridized carbons (Fsp3) is 0.429. The largest absolute Gasteiger partial charge is 0.395 e. The molecule has 1 fully saturated rings. The highest BCUT2D eigenvalue weighted by Crippen LogP contribution is 2.29. The first-order chi connectivity index (χ1) is 8.70. The number of rotatable bonds is 3. The number of pyridine rings is 1. The minimum absolute atomic E-state index is 0.0418. The first-order valence-corrected chi connectivity index (χ1v) is 6.06. The highest BCUT2D eigenvalue weighted by molar-refractivity contribution is 5.94. The van der Waals surface area contributed by atoms with Gasteiger partial charge in [-0.25, -0.2) is 0 Å². The molecule has 2 unspecified atom stereocenters. The van der Waals surface area contributed by atoms with Crippen molar-refractivity contribution in [2.75, 3.05) is 6.61 Å². The van der Waals surface area contributed by atoms with Crippen molar-refractivity contribution in [3.05, 3.63) is 29.6 Å². The number of carbonyl (C=O) groups excluding carboxylic acids is 1. The zero-order valence-corrected chi connectivity index (χ0v) is 10.3. The summed E-state index contributed by atoms with van der Waals surface area (Å²) in [5, 5.41) is 11.6. The summed E-state index contributed by atoms with van der Waals surface area (Å²) >= 11 is 0. The van der Waals surface area contributed by atoms with Gasteiger partial charge in [-0.2, -0.15) is 0 Å². The van der Waals surface area contributed by atoms with E-state index in [9.17, 15) is 4.79 Å².